The molecule has 0 aliphatic carbocycles. The highest BCUT2D eigenvalue weighted by Crippen LogP contribution is 2.37. The van der Waals surface area contributed by atoms with E-state index in [9.17, 15) is 0 Å². The van der Waals surface area contributed by atoms with Gasteiger partial charge in [0.05, 0.1) is 0 Å². The van der Waals surface area contributed by atoms with Gasteiger partial charge in [-0.1, -0.05) is 121 Å². The van der Waals surface area contributed by atoms with E-state index in [1.165, 1.54) is 33.4 Å². The van der Waals surface area contributed by atoms with Crippen LogP contribution in [0.15, 0.2) is 180 Å². The lowest BCUT2D eigenvalue weighted by atomic mass is 9.99. The van der Waals surface area contributed by atoms with E-state index < -0.39 is 0 Å². The largest absolute Gasteiger partial charge is 0.456 e. The van der Waals surface area contributed by atoms with Gasteiger partial charge in [0.1, 0.15) is 11.2 Å². The monoisotopic (exact) mass is 569 g/mol. The third-order valence-electron chi connectivity index (χ3n) is 8.30. The van der Waals surface area contributed by atoms with Gasteiger partial charge in [-0.25, -0.2) is 0 Å². The fraction of sp³-hybridized carbons (Fsp3) is 0. The highest BCUT2D eigenvalue weighted by Gasteiger charge is 2.13. The van der Waals surface area contributed by atoms with Crippen molar-refractivity contribution in [2.75, 3.05) is 4.90 Å². The highest BCUT2D eigenvalue weighted by molar-refractivity contribution is 6.06. The first-order valence-corrected chi connectivity index (χ1v) is 14.9. The first-order valence-electron chi connectivity index (χ1n) is 14.9. The topological polar surface area (TPSA) is 16.4 Å². The lowest BCUT2D eigenvalue weighted by Gasteiger charge is -2.26. The normalized spacial score (nSPS) is 11.2. The van der Waals surface area contributed by atoms with E-state index >= 15 is 0 Å². The van der Waals surface area contributed by atoms with Crippen LogP contribution >= 0.6 is 0 Å². The van der Waals surface area contributed by atoms with E-state index in [1.807, 2.05) is 12.1 Å². The predicted octanol–water partition coefficient (Wildman–Crippen LogP) is 12.8. The van der Waals surface area contributed by atoms with E-state index in [1.54, 1.807) is 0 Å². The maximum absolute atomic E-state index is 6.02. The molecule has 0 unspecified atom stereocenters. The molecule has 0 aliphatic rings. The summed E-state index contributed by atoms with van der Waals surface area (Å²) in [5.41, 5.74) is 12.4. The molecule has 0 spiro atoms. The third-order valence-corrected chi connectivity index (χ3v) is 8.30. The Hall–Kier alpha value is -5.86. The number of furan rings is 1. The van der Waals surface area contributed by atoms with Crippen LogP contribution in [0.4, 0.5) is 17.1 Å². The molecular weight excluding hydrogens is 534 g/mol. The standard InChI is InChI=1S/C42H29NO.3H2/c1-3-9-30(10-4-1)32-19-24-37(25-20-32)43(36-11-5-2-6-12-36)38-26-21-33(22-27-38)31-15-17-34(18-16-31)35-23-28-42-40(29-35)39-13-7-8-14-41(39)44-42;;;/h1-29H;3*1H. The zero-order chi connectivity index (χ0) is 29.3. The van der Waals surface area contributed by atoms with Crippen molar-refractivity contribution in [2.24, 2.45) is 0 Å². The van der Waals surface area contributed by atoms with Gasteiger partial charge in [-0.3, -0.25) is 0 Å². The quantitative estimate of drug-likeness (QED) is 0.198. The summed E-state index contributed by atoms with van der Waals surface area (Å²) in [4.78, 5) is 2.30. The maximum Gasteiger partial charge on any atom is 0.135 e. The Morgan fingerprint density at radius 1 is 0.318 bits per heavy atom. The lowest BCUT2D eigenvalue weighted by Crippen LogP contribution is -2.09. The summed E-state index contributed by atoms with van der Waals surface area (Å²) >= 11 is 0. The minimum absolute atomic E-state index is 0. The summed E-state index contributed by atoms with van der Waals surface area (Å²) in [6.45, 7) is 0. The highest BCUT2D eigenvalue weighted by atomic mass is 16.3. The number of nitrogens with zero attached hydrogens (tertiary/aromatic N) is 1. The van der Waals surface area contributed by atoms with Gasteiger partial charge < -0.3 is 9.32 Å². The Morgan fingerprint density at radius 3 is 1.34 bits per heavy atom. The van der Waals surface area contributed by atoms with Gasteiger partial charge in [-0.05, 0) is 88.0 Å². The fourth-order valence-electron chi connectivity index (χ4n) is 6.02. The Morgan fingerprint density at radius 2 is 0.727 bits per heavy atom. The molecule has 2 nitrogen and oxygen atoms in total. The molecule has 1 heterocycles. The number of rotatable bonds is 6. The Labute approximate surface area is 261 Å². The minimum atomic E-state index is 0. The molecule has 0 amide bonds. The molecule has 214 valence electrons. The smallest absolute Gasteiger partial charge is 0.135 e. The predicted molar refractivity (Wildman–Crippen MR) is 191 cm³/mol. The van der Waals surface area contributed by atoms with Gasteiger partial charge in [-0.2, -0.15) is 0 Å². The molecule has 0 saturated carbocycles. The SMILES string of the molecule is [HH].[HH].[HH].c1ccc(-c2ccc(N(c3ccccc3)c3ccc(-c4ccc(-c5ccc6oc7ccccc7c6c5)cc4)cc3)cc2)cc1. The molecular formula is C42H35NO. The molecule has 0 N–H and O–H groups in total. The Kier molecular flexibility index (Phi) is 6.51. The van der Waals surface area contributed by atoms with Gasteiger partial charge in [0, 0.05) is 32.1 Å². The second-order valence-electron chi connectivity index (χ2n) is 11.0. The second-order valence-corrected chi connectivity index (χ2v) is 11.0. The molecule has 0 radical (unpaired) electrons. The van der Waals surface area contributed by atoms with Crippen molar-refractivity contribution in [3.63, 3.8) is 0 Å². The summed E-state index contributed by atoms with van der Waals surface area (Å²) in [5.74, 6) is 0. The number of fused-ring (bicyclic) bond motifs is 3. The zero-order valence-corrected chi connectivity index (χ0v) is 24.1. The fourth-order valence-corrected chi connectivity index (χ4v) is 6.02. The van der Waals surface area contributed by atoms with Gasteiger partial charge in [0.2, 0.25) is 0 Å². The van der Waals surface area contributed by atoms with Crippen LogP contribution in [0, 0.1) is 0 Å². The molecule has 2 heteroatoms. The summed E-state index contributed by atoms with van der Waals surface area (Å²) < 4.78 is 6.02. The van der Waals surface area contributed by atoms with Crippen molar-refractivity contribution in [3.05, 3.63) is 176 Å². The summed E-state index contributed by atoms with van der Waals surface area (Å²) in [7, 11) is 0. The lowest BCUT2D eigenvalue weighted by molar-refractivity contribution is 0.669. The Bertz CT molecular complexity index is 2190. The van der Waals surface area contributed by atoms with Crippen LogP contribution in [-0.2, 0) is 0 Å². The van der Waals surface area contributed by atoms with Crippen LogP contribution in [0.25, 0.3) is 55.3 Å². The number of hydrogen-bond donors (Lipinski definition) is 0. The van der Waals surface area contributed by atoms with E-state index in [0.717, 1.165) is 39.0 Å². The molecule has 8 rings (SSSR count). The third kappa shape index (κ3) is 4.83. The molecule has 0 aliphatic heterocycles. The van der Waals surface area contributed by atoms with Gasteiger partial charge >= 0.3 is 0 Å². The van der Waals surface area contributed by atoms with E-state index in [4.69, 9.17) is 4.42 Å². The summed E-state index contributed by atoms with van der Waals surface area (Å²) in [5, 5.41) is 2.30. The van der Waals surface area contributed by atoms with E-state index in [-0.39, 0.29) is 4.28 Å². The second kappa shape index (κ2) is 11.1. The molecule has 0 bridgehead atoms. The molecule has 1 aromatic heterocycles. The zero-order valence-electron chi connectivity index (χ0n) is 24.1. The van der Waals surface area contributed by atoms with Crippen LogP contribution < -0.4 is 4.90 Å². The Balaban J connectivity index is 0.00000144. The summed E-state index contributed by atoms with van der Waals surface area (Å²) in [6, 6.07) is 62.2. The molecule has 0 saturated heterocycles. The average Bonchev–Trinajstić information content (AvgIpc) is 3.48. The number of anilines is 3. The van der Waals surface area contributed by atoms with Gasteiger partial charge in [0.25, 0.3) is 0 Å². The number of hydrogen-bond acceptors (Lipinski definition) is 2. The number of para-hydroxylation sites is 2. The van der Waals surface area contributed by atoms with Crippen molar-refractivity contribution in [1.29, 1.82) is 0 Å². The molecule has 7 aromatic carbocycles. The van der Waals surface area contributed by atoms with Crippen molar-refractivity contribution >= 4 is 39.0 Å². The van der Waals surface area contributed by atoms with Crippen LogP contribution in [0.5, 0.6) is 0 Å². The van der Waals surface area contributed by atoms with Gasteiger partial charge in [-0.15, -0.1) is 0 Å². The first-order chi connectivity index (χ1) is 21.8. The van der Waals surface area contributed by atoms with Crippen LogP contribution in [0.1, 0.15) is 4.28 Å². The van der Waals surface area contributed by atoms with E-state index in [0.29, 0.717) is 0 Å². The minimum Gasteiger partial charge on any atom is -0.456 e. The van der Waals surface area contributed by atoms with Crippen molar-refractivity contribution in [3.8, 4) is 33.4 Å². The van der Waals surface area contributed by atoms with Gasteiger partial charge in [0.15, 0.2) is 0 Å². The average molecular weight is 570 g/mol. The first kappa shape index (κ1) is 25.8. The molecule has 0 fully saturated rings. The maximum atomic E-state index is 6.02. The summed E-state index contributed by atoms with van der Waals surface area (Å²) in [6.07, 6.45) is 0. The van der Waals surface area contributed by atoms with Crippen molar-refractivity contribution in [1.82, 2.24) is 0 Å². The van der Waals surface area contributed by atoms with Crippen LogP contribution in [-0.4, -0.2) is 0 Å². The molecule has 0 atom stereocenters. The van der Waals surface area contributed by atoms with Crippen molar-refractivity contribution in [2.45, 2.75) is 0 Å². The van der Waals surface area contributed by atoms with Crippen molar-refractivity contribution < 1.29 is 8.70 Å². The molecule has 44 heavy (non-hydrogen) atoms. The van der Waals surface area contributed by atoms with Crippen LogP contribution in [0.3, 0.4) is 0 Å². The number of benzene rings is 7. The van der Waals surface area contributed by atoms with Crippen LogP contribution in [0.2, 0.25) is 0 Å². The molecule has 8 aromatic rings. The van der Waals surface area contributed by atoms with E-state index in [2.05, 4.69) is 169 Å².